The van der Waals surface area contributed by atoms with E-state index in [1.807, 2.05) is 6.92 Å². The van der Waals surface area contributed by atoms with Gasteiger partial charge in [-0.3, -0.25) is 9.63 Å². The van der Waals surface area contributed by atoms with E-state index in [0.29, 0.717) is 12.2 Å². The van der Waals surface area contributed by atoms with Gasteiger partial charge in [0.05, 0.1) is 13.7 Å². The molecule has 4 nitrogen and oxygen atoms in total. The molecule has 0 saturated carbocycles. The van der Waals surface area contributed by atoms with Crippen LogP contribution in [-0.2, 0) is 4.84 Å². The molecule has 1 amide bonds. The van der Waals surface area contributed by atoms with Crippen LogP contribution in [0.25, 0.3) is 0 Å². The number of hydroxylamine groups is 2. The monoisotopic (exact) mass is 209 g/mol. The lowest BCUT2D eigenvalue weighted by atomic mass is 10.2. The Morgan fingerprint density at radius 3 is 2.40 bits per heavy atom. The maximum Gasteiger partial charge on any atom is 0.277 e. The second kappa shape index (κ2) is 5.36. The van der Waals surface area contributed by atoms with Gasteiger partial charge in [0.1, 0.15) is 5.75 Å². The molecular formula is C11H15NO3. The van der Waals surface area contributed by atoms with E-state index in [9.17, 15) is 4.79 Å². The number of carbonyl (C=O) groups is 1. The van der Waals surface area contributed by atoms with Crippen LogP contribution in [0.3, 0.4) is 0 Å². The fourth-order valence-electron chi connectivity index (χ4n) is 1.13. The fraction of sp³-hybridized carbons (Fsp3) is 0.364. The first-order valence-electron chi connectivity index (χ1n) is 4.74. The van der Waals surface area contributed by atoms with Gasteiger partial charge >= 0.3 is 0 Å². The number of carbonyl (C=O) groups excluding carboxylic acids is 1. The second-order valence-electron chi connectivity index (χ2n) is 2.94. The van der Waals surface area contributed by atoms with Crippen LogP contribution in [0, 0.1) is 0 Å². The number of amides is 1. The zero-order chi connectivity index (χ0) is 11.3. The molecule has 1 rings (SSSR count). The molecule has 0 aliphatic rings. The first-order chi connectivity index (χ1) is 7.19. The van der Waals surface area contributed by atoms with Crippen LogP contribution in [0.4, 0.5) is 0 Å². The molecule has 0 fully saturated rings. The van der Waals surface area contributed by atoms with Gasteiger partial charge in [-0.15, -0.1) is 0 Å². The Hall–Kier alpha value is -1.55. The summed E-state index contributed by atoms with van der Waals surface area (Å²) in [6.07, 6.45) is 0. The highest BCUT2D eigenvalue weighted by Crippen LogP contribution is 2.13. The van der Waals surface area contributed by atoms with Crippen molar-refractivity contribution >= 4 is 5.91 Å². The van der Waals surface area contributed by atoms with Crippen LogP contribution >= 0.6 is 0 Å². The van der Waals surface area contributed by atoms with Crippen molar-refractivity contribution in [1.29, 1.82) is 0 Å². The Morgan fingerprint density at radius 1 is 1.33 bits per heavy atom. The molecule has 0 N–H and O–H groups in total. The lowest BCUT2D eigenvalue weighted by molar-refractivity contribution is -0.0757. The van der Waals surface area contributed by atoms with Crippen LogP contribution < -0.4 is 4.74 Å². The van der Waals surface area contributed by atoms with Crippen molar-refractivity contribution in [3.05, 3.63) is 29.8 Å². The lowest BCUT2D eigenvalue weighted by Gasteiger charge is -2.13. The third kappa shape index (κ3) is 2.95. The molecule has 1 aromatic rings. The standard InChI is InChI=1S/C11H15NO3/c1-4-15-10-7-5-9(6-8-10)11(13)12(2)14-3/h5-8H,4H2,1-3H3. The predicted octanol–water partition coefficient (Wildman–Crippen LogP) is 1.72. The molecule has 0 aromatic heterocycles. The molecule has 1 aromatic carbocycles. The molecule has 0 spiro atoms. The summed E-state index contributed by atoms with van der Waals surface area (Å²) >= 11 is 0. The average molecular weight is 209 g/mol. The summed E-state index contributed by atoms with van der Waals surface area (Å²) in [6, 6.07) is 6.95. The van der Waals surface area contributed by atoms with Crippen molar-refractivity contribution in [3.63, 3.8) is 0 Å². The van der Waals surface area contributed by atoms with E-state index >= 15 is 0 Å². The van der Waals surface area contributed by atoms with Crippen molar-refractivity contribution < 1.29 is 14.4 Å². The number of ether oxygens (including phenoxy) is 1. The Kier molecular flexibility index (Phi) is 4.12. The second-order valence-corrected chi connectivity index (χ2v) is 2.94. The van der Waals surface area contributed by atoms with Gasteiger partial charge in [0.15, 0.2) is 0 Å². The topological polar surface area (TPSA) is 38.8 Å². The largest absolute Gasteiger partial charge is 0.494 e. The van der Waals surface area contributed by atoms with Gasteiger partial charge in [0.25, 0.3) is 5.91 Å². The molecule has 82 valence electrons. The smallest absolute Gasteiger partial charge is 0.277 e. The normalized spacial score (nSPS) is 9.80. The first kappa shape index (κ1) is 11.5. The van der Waals surface area contributed by atoms with Gasteiger partial charge in [-0.2, -0.15) is 0 Å². The van der Waals surface area contributed by atoms with E-state index in [-0.39, 0.29) is 5.91 Å². The molecule has 0 aliphatic carbocycles. The van der Waals surface area contributed by atoms with Crippen LogP contribution in [0.2, 0.25) is 0 Å². The van der Waals surface area contributed by atoms with Crippen molar-refractivity contribution in [2.75, 3.05) is 20.8 Å². The molecule has 15 heavy (non-hydrogen) atoms. The molecule has 0 radical (unpaired) electrons. The summed E-state index contributed by atoms with van der Waals surface area (Å²) in [5.74, 6) is 0.578. The number of hydrogen-bond donors (Lipinski definition) is 0. The third-order valence-corrected chi connectivity index (χ3v) is 1.97. The fourth-order valence-corrected chi connectivity index (χ4v) is 1.13. The minimum Gasteiger partial charge on any atom is -0.494 e. The lowest BCUT2D eigenvalue weighted by Crippen LogP contribution is -2.25. The van der Waals surface area contributed by atoms with E-state index < -0.39 is 0 Å². The summed E-state index contributed by atoms with van der Waals surface area (Å²) in [6.45, 7) is 2.53. The summed E-state index contributed by atoms with van der Waals surface area (Å²) in [5, 5.41) is 1.18. The average Bonchev–Trinajstić information content (AvgIpc) is 2.28. The summed E-state index contributed by atoms with van der Waals surface area (Å²) in [4.78, 5) is 16.4. The molecule has 0 aliphatic heterocycles. The first-order valence-corrected chi connectivity index (χ1v) is 4.74. The molecule has 0 heterocycles. The highest BCUT2D eigenvalue weighted by Gasteiger charge is 2.10. The van der Waals surface area contributed by atoms with Gasteiger partial charge in [-0.05, 0) is 31.2 Å². The molecule has 0 unspecified atom stereocenters. The maximum absolute atomic E-state index is 11.6. The zero-order valence-corrected chi connectivity index (χ0v) is 9.19. The van der Waals surface area contributed by atoms with E-state index in [2.05, 4.69) is 0 Å². The molecule has 4 heteroatoms. The van der Waals surface area contributed by atoms with Gasteiger partial charge in [0, 0.05) is 12.6 Å². The number of hydrogen-bond acceptors (Lipinski definition) is 3. The van der Waals surface area contributed by atoms with Crippen LogP contribution in [0.1, 0.15) is 17.3 Å². The van der Waals surface area contributed by atoms with Gasteiger partial charge in [0.2, 0.25) is 0 Å². The Bertz CT molecular complexity index is 321. The minimum absolute atomic E-state index is 0.180. The predicted molar refractivity (Wildman–Crippen MR) is 56.7 cm³/mol. The van der Waals surface area contributed by atoms with E-state index in [4.69, 9.17) is 9.57 Å². The SMILES string of the molecule is CCOc1ccc(C(=O)N(C)OC)cc1. The van der Waals surface area contributed by atoms with Gasteiger partial charge < -0.3 is 4.74 Å². The molecule has 0 saturated heterocycles. The van der Waals surface area contributed by atoms with Crippen molar-refractivity contribution in [2.24, 2.45) is 0 Å². The summed E-state index contributed by atoms with van der Waals surface area (Å²) < 4.78 is 5.27. The third-order valence-electron chi connectivity index (χ3n) is 1.97. The highest BCUT2D eigenvalue weighted by molar-refractivity contribution is 5.93. The van der Waals surface area contributed by atoms with Crippen molar-refractivity contribution in [2.45, 2.75) is 6.92 Å². The van der Waals surface area contributed by atoms with E-state index in [0.717, 1.165) is 5.75 Å². The number of rotatable bonds is 4. The highest BCUT2D eigenvalue weighted by atomic mass is 16.7. The number of benzene rings is 1. The molecular weight excluding hydrogens is 194 g/mol. The van der Waals surface area contributed by atoms with Gasteiger partial charge in [-0.25, -0.2) is 5.06 Å². The molecule has 0 atom stereocenters. The van der Waals surface area contributed by atoms with Gasteiger partial charge in [-0.1, -0.05) is 0 Å². The number of nitrogens with zero attached hydrogens (tertiary/aromatic N) is 1. The van der Waals surface area contributed by atoms with Crippen LogP contribution in [-0.4, -0.2) is 31.7 Å². The maximum atomic E-state index is 11.6. The summed E-state index contributed by atoms with van der Waals surface area (Å²) in [7, 11) is 3.02. The van der Waals surface area contributed by atoms with E-state index in [1.54, 1.807) is 31.3 Å². The summed E-state index contributed by atoms with van der Waals surface area (Å²) in [5.41, 5.74) is 0.572. The Morgan fingerprint density at radius 2 is 1.93 bits per heavy atom. The molecule has 0 bridgehead atoms. The minimum atomic E-state index is -0.180. The van der Waals surface area contributed by atoms with Crippen molar-refractivity contribution in [1.82, 2.24) is 5.06 Å². The quantitative estimate of drug-likeness (QED) is 0.709. The van der Waals surface area contributed by atoms with Crippen molar-refractivity contribution in [3.8, 4) is 5.75 Å². The Labute approximate surface area is 89.4 Å². The zero-order valence-electron chi connectivity index (χ0n) is 9.19. The van der Waals surface area contributed by atoms with Crippen LogP contribution in [0.15, 0.2) is 24.3 Å². The van der Waals surface area contributed by atoms with E-state index in [1.165, 1.54) is 12.2 Å². The Balaban J connectivity index is 2.75. The van der Waals surface area contributed by atoms with Crippen LogP contribution in [0.5, 0.6) is 5.75 Å².